The van der Waals surface area contributed by atoms with Crippen LogP contribution in [-0.2, 0) is 34.4 Å². The number of carbonyl (C=O) groups excluding carboxylic acids is 2. The quantitative estimate of drug-likeness (QED) is 0.0376. The van der Waals surface area contributed by atoms with Gasteiger partial charge in [-0.15, -0.1) is 0 Å². The van der Waals surface area contributed by atoms with Crippen LogP contribution in [0.4, 0.5) is 17.6 Å². The fourth-order valence-corrected chi connectivity index (χ4v) is 13.7. The first-order chi connectivity index (χ1) is 45.5. The second-order valence-electron chi connectivity index (χ2n) is 22.2. The molecule has 1 saturated heterocycles. The number of aromatic amines is 2. The summed E-state index contributed by atoms with van der Waals surface area (Å²) < 4.78 is 137. The van der Waals surface area contributed by atoms with Crippen molar-refractivity contribution in [2.45, 2.75) is 123 Å². The Morgan fingerprint density at radius 2 is 1.07 bits per heavy atom. The van der Waals surface area contributed by atoms with Gasteiger partial charge in [-0.05, 0) is 94.9 Å². The van der Waals surface area contributed by atoms with Crippen LogP contribution in [0.1, 0.15) is 101 Å². The number of nitrogens with two attached hydrogens (primary N) is 1. The standard InChI is InChI=1S/C24H22Cl2F2N6O7S.C21H17Cl2F2N5O8S.C7H13N3.C4H9N/c1-40-15-10-29-17(9-16(15)42(38,39)33-24(5-6-24)22(36)30-11-3-2-4-11)41-19-13(25)7-12(8-14(19)26)34-23(37)31-21(35)18(32-34)20(27)28;1-36-12-8-26-14(7-13(12)39(34,35)29-21(3-4-21)19(32)37-2)38-16-10(22)5-9(6-11(16)23)30-20(33)27-18(31)15(28-30)17(24)25;1-3-8-7-9-4-2-6-10(7)5-1;5-4-2-1-3-4/h7-11,20,33H,2-6H2,1H3,(H,30,36)(H,31,35,37);5-8,17,29H,3-4H2,1-2H3,(H,27,31,33);1-6H2,(H,8,9);4H,1-3,5H2. The number of nitrogens with one attached hydrogen (secondary N) is 6. The summed E-state index contributed by atoms with van der Waals surface area (Å²) in [5.41, 5.74) is -5.01. The molecule has 0 spiro atoms. The number of alkyl halides is 4. The Balaban J connectivity index is 0.000000184. The largest absolute Gasteiger partial charge is 0.494 e. The number of carbonyl (C=O) groups is 2. The first kappa shape index (κ1) is 72.3. The number of amides is 1. The highest BCUT2D eigenvalue weighted by molar-refractivity contribution is 7.90. The maximum absolute atomic E-state index is 13.4. The number of fused-ring (bicyclic) bond motifs is 1. The average molecular weight is 1470 g/mol. The number of aliphatic imine (C=N–C) groups is 1. The van der Waals surface area contributed by atoms with E-state index in [0.717, 1.165) is 94.2 Å². The van der Waals surface area contributed by atoms with E-state index in [9.17, 15) is 63.2 Å². The number of benzene rings is 2. The van der Waals surface area contributed by atoms with E-state index in [2.05, 4.69) is 54.9 Å². The molecule has 1 amide bonds. The van der Waals surface area contributed by atoms with Gasteiger partial charge in [-0.2, -0.15) is 29.0 Å². The van der Waals surface area contributed by atoms with Gasteiger partial charge in [-0.3, -0.25) is 34.1 Å². The monoisotopic (exact) mass is 1460 g/mol. The summed E-state index contributed by atoms with van der Waals surface area (Å²) in [6, 6.07) is 7.01. The highest BCUT2D eigenvalue weighted by atomic mass is 35.5. The third kappa shape index (κ3) is 16.9. The summed E-state index contributed by atoms with van der Waals surface area (Å²) in [6.45, 7) is 4.52. The lowest BCUT2D eigenvalue weighted by molar-refractivity contribution is -0.143. The highest BCUT2D eigenvalue weighted by Gasteiger charge is 2.55. The number of nitrogens with zero attached hydrogens (tertiary/aromatic N) is 8. The van der Waals surface area contributed by atoms with Gasteiger partial charge < -0.3 is 45.0 Å². The molecule has 96 heavy (non-hydrogen) atoms. The number of halogens is 8. The molecule has 0 unspecified atom stereocenters. The van der Waals surface area contributed by atoms with Crippen LogP contribution < -0.4 is 67.3 Å². The number of hydrogen-bond donors (Lipinski definition) is 7. The van der Waals surface area contributed by atoms with Crippen LogP contribution in [0.3, 0.4) is 0 Å². The Kier molecular flexibility index (Phi) is 22.7. The van der Waals surface area contributed by atoms with E-state index in [1.165, 1.54) is 59.4 Å². The molecule has 4 aromatic heterocycles. The first-order valence-corrected chi connectivity index (χ1v) is 33.7. The first-order valence-electron chi connectivity index (χ1n) is 29.2. The fourth-order valence-electron chi connectivity index (χ4n) is 9.47. The van der Waals surface area contributed by atoms with Crippen molar-refractivity contribution < 1.29 is 67.7 Å². The Morgan fingerprint density at radius 1 is 0.646 bits per heavy atom. The number of rotatable bonds is 19. The van der Waals surface area contributed by atoms with Gasteiger partial charge in [0, 0.05) is 50.4 Å². The van der Waals surface area contributed by atoms with Crippen molar-refractivity contribution in [1.82, 2.24) is 64.5 Å². The molecule has 0 bridgehead atoms. The van der Waals surface area contributed by atoms with Gasteiger partial charge in [0.25, 0.3) is 24.0 Å². The molecule has 2 aliphatic heterocycles. The molecule has 5 fully saturated rings. The van der Waals surface area contributed by atoms with Crippen LogP contribution in [0.25, 0.3) is 11.4 Å². The van der Waals surface area contributed by atoms with Crippen molar-refractivity contribution in [3.8, 4) is 46.1 Å². The smallest absolute Gasteiger partial charge is 0.349 e. The summed E-state index contributed by atoms with van der Waals surface area (Å²) in [6.07, 6.45) is 5.79. The average Bonchev–Trinajstić information content (AvgIpc) is 1.59. The van der Waals surface area contributed by atoms with Gasteiger partial charge in [-0.1, -0.05) is 52.8 Å². The van der Waals surface area contributed by atoms with Crippen LogP contribution >= 0.6 is 46.4 Å². The number of aromatic nitrogens is 8. The van der Waals surface area contributed by atoms with E-state index >= 15 is 0 Å². The molecule has 12 rings (SSSR count). The zero-order valence-corrected chi connectivity index (χ0v) is 55.5. The van der Waals surface area contributed by atoms with E-state index in [1.807, 2.05) is 0 Å². The molecular weight excluding hydrogens is 1400 g/mol. The predicted molar refractivity (Wildman–Crippen MR) is 338 cm³/mol. The lowest BCUT2D eigenvalue weighted by Gasteiger charge is -2.33. The molecule has 30 nitrogen and oxygen atoms in total. The molecule has 6 heterocycles. The summed E-state index contributed by atoms with van der Waals surface area (Å²) >= 11 is 25.1. The second kappa shape index (κ2) is 30.2. The number of H-pyrrole nitrogens is 2. The summed E-state index contributed by atoms with van der Waals surface area (Å²) in [5, 5.41) is 11.9. The molecule has 6 aliphatic rings. The van der Waals surface area contributed by atoms with Gasteiger partial charge in [0.2, 0.25) is 37.7 Å². The van der Waals surface area contributed by atoms with E-state index in [4.69, 9.17) is 71.1 Å². The van der Waals surface area contributed by atoms with Gasteiger partial charge in [0.15, 0.2) is 40.3 Å². The summed E-state index contributed by atoms with van der Waals surface area (Å²) in [7, 11) is -5.09. The van der Waals surface area contributed by atoms with Crippen molar-refractivity contribution in [1.29, 1.82) is 0 Å². The Bertz CT molecular complexity index is 4410. The Hall–Kier alpha value is -7.97. The van der Waals surface area contributed by atoms with Crippen LogP contribution in [0.2, 0.25) is 20.1 Å². The number of hydrogen-bond acceptors (Lipinski definition) is 23. The number of guanidine groups is 1. The molecule has 6 aromatic rings. The number of sulfonamides is 2. The normalized spacial score (nSPS) is 16.8. The summed E-state index contributed by atoms with van der Waals surface area (Å²) in [4.78, 5) is 89.7. The van der Waals surface area contributed by atoms with Crippen LogP contribution in [0.15, 0.2) is 82.8 Å². The zero-order chi connectivity index (χ0) is 69.6. The lowest BCUT2D eigenvalue weighted by atomic mass is 9.93. The maximum atomic E-state index is 13.4. The minimum atomic E-state index is -4.35. The molecule has 518 valence electrons. The Morgan fingerprint density at radius 3 is 1.44 bits per heavy atom. The molecule has 40 heteroatoms. The third-order valence-corrected chi connectivity index (χ3v) is 19.7. The number of ether oxygens (including phenoxy) is 5. The fraction of sp³-hybridized carbons (Fsp3) is 0.446. The van der Waals surface area contributed by atoms with Gasteiger partial charge >= 0.3 is 17.3 Å². The topological polar surface area (TPSA) is 400 Å². The molecule has 0 radical (unpaired) electrons. The molecule has 4 saturated carbocycles. The van der Waals surface area contributed by atoms with E-state index in [-0.39, 0.29) is 90.0 Å². The van der Waals surface area contributed by atoms with Gasteiger partial charge in [0.05, 0.1) is 65.2 Å². The van der Waals surface area contributed by atoms with Crippen molar-refractivity contribution in [3.05, 3.63) is 122 Å². The highest BCUT2D eigenvalue weighted by Crippen LogP contribution is 2.44. The lowest BCUT2D eigenvalue weighted by Crippen LogP contribution is -2.52. The van der Waals surface area contributed by atoms with Crippen molar-refractivity contribution >= 4 is 84.3 Å². The van der Waals surface area contributed by atoms with E-state index in [0.29, 0.717) is 28.2 Å². The maximum Gasteiger partial charge on any atom is 0.349 e. The third-order valence-electron chi connectivity index (χ3n) is 15.4. The molecule has 2 aromatic carbocycles. The molecule has 8 N–H and O–H groups in total. The SMILES string of the molecule is C1CN=C2NCCCN2C1.COC(=O)C1(NS(=O)(=O)c2cc(Oc3c(Cl)cc(-n4nc(C(F)F)c(=O)[nH]c4=O)cc3Cl)ncc2OC)CC1.COc1cnc(Oc2c(Cl)cc(-n3nc(C(F)F)c(=O)[nH]c3=O)cc2Cl)cc1S(=O)(=O)NC1(C(=O)NC2CCC2)CC1.NC1CCC1. The van der Waals surface area contributed by atoms with Crippen molar-refractivity contribution in [3.63, 3.8) is 0 Å². The van der Waals surface area contributed by atoms with E-state index in [1.54, 1.807) is 9.97 Å². The summed E-state index contributed by atoms with van der Waals surface area (Å²) in [5.74, 6) is -1.35. The number of methoxy groups -OCH3 is 3. The molecule has 0 atom stereocenters. The molecular formula is C56H61Cl4F4N15O15S2. The Labute approximate surface area is 562 Å². The van der Waals surface area contributed by atoms with Crippen LogP contribution in [0.5, 0.6) is 34.8 Å². The number of esters is 1. The minimum absolute atomic E-state index is 0.0285. The van der Waals surface area contributed by atoms with Gasteiger partial charge in [0.1, 0.15) is 20.9 Å². The number of pyridine rings is 2. The van der Waals surface area contributed by atoms with Gasteiger partial charge in [-0.25, -0.2) is 54.0 Å². The van der Waals surface area contributed by atoms with Crippen LogP contribution in [-0.4, -0.2) is 150 Å². The zero-order valence-electron chi connectivity index (χ0n) is 50.9. The minimum Gasteiger partial charge on any atom is -0.494 e. The van der Waals surface area contributed by atoms with E-state index < -0.39 is 94.6 Å². The predicted octanol–water partition coefficient (Wildman–Crippen LogP) is 5.72. The molecule has 4 aliphatic carbocycles. The van der Waals surface area contributed by atoms with Crippen LogP contribution in [0, 0.1) is 0 Å². The van der Waals surface area contributed by atoms with Crippen molar-refractivity contribution in [2.24, 2.45) is 10.7 Å². The second-order valence-corrected chi connectivity index (χ2v) is 27.2. The van der Waals surface area contributed by atoms with Crippen molar-refractivity contribution in [2.75, 3.05) is 47.5 Å².